The Kier molecular flexibility index (Phi) is 6.23. The minimum atomic E-state index is -0.749. The van der Waals surface area contributed by atoms with Gasteiger partial charge in [-0.25, -0.2) is 9.97 Å². The van der Waals surface area contributed by atoms with Crippen molar-refractivity contribution in [3.63, 3.8) is 0 Å². The van der Waals surface area contributed by atoms with Crippen LogP contribution >= 0.6 is 11.6 Å². The van der Waals surface area contributed by atoms with E-state index >= 15 is 0 Å². The summed E-state index contributed by atoms with van der Waals surface area (Å²) >= 11 is 6.33. The highest BCUT2D eigenvalue weighted by atomic mass is 35.5. The van der Waals surface area contributed by atoms with Gasteiger partial charge in [0.1, 0.15) is 11.5 Å². The molecule has 4 rings (SSSR count). The third-order valence-electron chi connectivity index (χ3n) is 5.86. The summed E-state index contributed by atoms with van der Waals surface area (Å²) in [6.45, 7) is 1.17. The largest absolute Gasteiger partial charge is 0.495 e. The molecule has 9 heteroatoms. The van der Waals surface area contributed by atoms with Crippen molar-refractivity contribution in [3.8, 4) is 11.5 Å². The highest BCUT2D eigenvalue weighted by molar-refractivity contribution is 6.32. The van der Waals surface area contributed by atoms with E-state index in [0.717, 1.165) is 16.6 Å². The number of piperidine rings is 1. The number of aliphatic carboxylic acids is 1. The van der Waals surface area contributed by atoms with Gasteiger partial charge in [-0.3, -0.25) is 4.79 Å². The Bertz CT molecular complexity index is 1160. The molecule has 0 bridgehead atoms. The predicted molar refractivity (Wildman–Crippen MR) is 124 cm³/mol. The first kappa shape index (κ1) is 22.0. The van der Waals surface area contributed by atoms with Crippen LogP contribution in [0, 0.1) is 5.92 Å². The number of nitrogens with two attached hydrogens (primary N) is 1. The van der Waals surface area contributed by atoms with E-state index in [1.165, 1.54) is 0 Å². The van der Waals surface area contributed by atoms with Gasteiger partial charge in [-0.05, 0) is 42.7 Å². The number of carbonyl (C=O) groups is 1. The van der Waals surface area contributed by atoms with Gasteiger partial charge in [-0.2, -0.15) is 0 Å². The first-order chi connectivity index (χ1) is 15.4. The second-order valence-corrected chi connectivity index (χ2v) is 8.20. The number of nitrogen functional groups attached to an aromatic ring is 1. The van der Waals surface area contributed by atoms with E-state index < -0.39 is 5.97 Å². The van der Waals surface area contributed by atoms with Gasteiger partial charge in [-0.1, -0.05) is 17.7 Å². The Hall–Kier alpha value is -3.26. The lowest BCUT2D eigenvalue weighted by molar-refractivity contribution is -0.142. The number of benzene rings is 2. The zero-order chi connectivity index (χ0) is 22.8. The molecule has 3 aromatic rings. The summed E-state index contributed by atoms with van der Waals surface area (Å²) in [5.41, 5.74) is 9.31. The number of halogens is 1. The van der Waals surface area contributed by atoms with Crippen molar-refractivity contribution in [1.82, 2.24) is 9.97 Å². The first-order valence-electron chi connectivity index (χ1n) is 10.3. The minimum Gasteiger partial charge on any atom is -0.495 e. The molecule has 0 saturated carbocycles. The van der Waals surface area contributed by atoms with Crippen molar-refractivity contribution in [2.75, 3.05) is 37.9 Å². The molecule has 2 heterocycles. The lowest BCUT2D eigenvalue weighted by atomic mass is 9.97. The number of nitrogens with zero attached hydrogens (tertiary/aromatic N) is 3. The summed E-state index contributed by atoms with van der Waals surface area (Å²) in [7, 11) is 3.15. The SMILES string of the molecule is COc1ccc(Cc2nc(N3CCC(C(=O)O)CC3)nc3ccc(OC)c(N)c23)cc1Cl. The summed E-state index contributed by atoms with van der Waals surface area (Å²) in [5.74, 6) is 0.658. The minimum absolute atomic E-state index is 0.326. The number of carboxylic acid groups (broad SMARTS) is 1. The number of rotatable bonds is 6. The van der Waals surface area contributed by atoms with Crippen molar-refractivity contribution in [2.45, 2.75) is 19.3 Å². The van der Waals surface area contributed by atoms with Crippen LogP contribution in [0.3, 0.4) is 0 Å². The molecule has 2 aromatic carbocycles. The van der Waals surface area contributed by atoms with Crippen LogP contribution in [0.2, 0.25) is 5.02 Å². The molecular formula is C23H25ClN4O4. The number of fused-ring (bicyclic) bond motifs is 1. The first-order valence-corrected chi connectivity index (χ1v) is 10.7. The fraction of sp³-hybridized carbons (Fsp3) is 0.348. The quantitative estimate of drug-likeness (QED) is 0.539. The zero-order valence-electron chi connectivity index (χ0n) is 18.0. The monoisotopic (exact) mass is 456 g/mol. The number of hydrogen-bond donors (Lipinski definition) is 2. The second-order valence-electron chi connectivity index (χ2n) is 7.79. The van der Waals surface area contributed by atoms with Crippen molar-refractivity contribution >= 4 is 40.1 Å². The van der Waals surface area contributed by atoms with E-state index in [2.05, 4.69) is 0 Å². The molecule has 1 aromatic heterocycles. The highest BCUT2D eigenvalue weighted by Gasteiger charge is 2.26. The Labute approximate surface area is 190 Å². The molecule has 32 heavy (non-hydrogen) atoms. The normalized spacial score (nSPS) is 14.5. The molecule has 1 saturated heterocycles. The van der Waals surface area contributed by atoms with Gasteiger partial charge in [0, 0.05) is 24.9 Å². The van der Waals surface area contributed by atoms with Gasteiger partial charge >= 0.3 is 5.97 Å². The molecule has 0 unspecified atom stereocenters. The summed E-state index contributed by atoms with van der Waals surface area (Å²) in [6, 6.07) is 9.27. The molecule has 0 amide bonds. The molecule has 1 aliphatic rings. The molecule has 0 atom stereocenters. The average molecular weight is 457 g/mol. The predicted octanol–water partition coefficient (Wildman–Crippen LogP) is 3.77. The summed E-state index contributed by atoms with van der Waals surface area (Å²) in [5, 5.41) is 10.5. The van der Waals surface area contributed by atoms with Crippen LogP contribution in [0.15, 0.2) is 30.3 Å². The zero-order valence-corrected chi connectivity index (χ0v) is 18.7. The van der Waals surface area contributed by atoms with E-state index in [1.807, 2.05) is 29.2 Å². The third kappa shape index (κ3) is 4.23. The maximum Gasteiger partial charge on any atom is 0.306 e. The third-order valence-corrected chi connectivity index (χ3v) is 6.16. The van der Waals surface area contributed by atoms with Crippen LogP contribution in [0.1, 0.15) is 24.1 Å². The summed E-state index contributed by atoms with van der Waals surface area (Å²) in [6.07, 6.45) is 1.61. The van der Waals surface area contributed by atoms with Crippen molar-refractivity contribution in [2.24, 2.45) is 5.92 Å². The number of aromatic nitrogens is 2. The maximum atomic E-state index is 11.3. The number of methoxy groups -OCH3 is 2. The standard InChI is InChI=1S/C23H25ClN4O4/c1-31-18-5-3-13(11-15(18)24)12-17-20-16(4-6-19(32-2)21(20)25)26-23(27-17)28-9-7-14(8-10-28)22(29)30/h3-6,11,14H,7-10,12,25H2,1-2H3,(H,29,30). The second kappa shape index (κ2) is 9.08. The van der Waals surface area contributed by atoms with Crippen LogP contribution in [-0.2, 0) is 11.2 Å². The molecule has 0 spiro atoms. The van der Waals surface area contributed by atoms with Gasteiger partial charge in [0.05, 0.1) is 42.1 Å². The summed E-state index contributed by atoms with van der Waals surface area (Å²) in [4.78, 5) is 22.9. The van der Waals surface area contributed by atoms with Gasteiger partial charge in [0.15, 0.2) is 0 Å². The Morgan fingerprint density at radius 2 is 1.84 bits per heavy atom. The van der Waals surface area contributed by atoms with Gasteiger partial charge < -0.3 is 25.2 Å². The van der Waals surface area contributed by atoms with E-state index in [1.54, 1.807) is 20.3 Å². The average Bonchev–Trinajstić information content (AvgIpc) is 2.79. The number of anilines is 2. The lowest BCUT2D eigenvalue weighted by Crippen LogP contribution is -2.37. The van der Waals surface area contributed by atoms with Crippen LogP contribution < -0.4 is 20.1 Å². The number of hydrogen-bond acceptors (Lipinski definition) is 7. The molecule has 1 fully saturated rings. The fourth-order valence-electron chi connectivity index (χ4n) is 4.08. The molecule has 8 nitrogen and oxygen atoms in total. The molecule has 3 N–H and O–H groups in total. The van der Waals surface area contributed by atoms with Gasteiger partial charge in [0.2, 0.25) is 5.95 Å². The smallest absolute Gasteiger partial charge is 0.306 e. The molecular weight excluding hydrogens is 432 g/mol. The van der Waals surface area contributed by atoms with E-state index in [4.69, 9.17) is 36.8 Å². The van der Waals surface area contributed by atoms with Crippen molar-refractivity contribution in [3.05, 3.63) is 46.6 Å². The van der Waals surface area contributed by atoms with E-state index in [-0.39, 0.29) is 5.92 Å². The van der Waals surface area contributed by atoms with E-state index in [9.17, 15) is 9.90 Å². The number of ether oxygens (including phenoxy) is 2. The van der Waals surface area contributed by atoms with Crippen LogP contribution in [0.5, 0.6) is 11.5 Å². The molecule has 168 valence electrons. The molecule has 0 aliphatic carbocycles. The van der Waals surface area contributed by atoms with Gasteiger partial charge in [0.25, 0.3) is 0 Å². The molecule has 1 aliphatic heterocycles. The van der Waals surface area contributed by atoms with Gasteiger partial charge in [-0.15, -0.1) is 0 Å². The van der Waals surface area contributed by atoms with Crippen molar-refractivity contribution < 1.29 is 19.4 Å². The Morgan fingerprint density at radius 3 is 2.47 bits per heavy atom. The molecule has 0 radical (unpaired) electrons. The van der Waals surface area contributed by atoms with Crippen molar-refractivity contribution in [1.29, 1.82) is 0 Å². The van der Waals surface area contributed by atoms with Crippen LogP contribution in [0.25, 0.3) is 10.9 Å². The topological polar surface area (TPSA) is 111 Å². The Morgan fingerprint density at radius 1 is 1.16 bits per heavy atom. The Balaban J connectivity index is 1.76. The maximum absolute atomic E-state index is 11.3. The van der Waals surface area contributed by atoms with Crippen LogP contribution in [0.4, 0.5) is 11.6 Å². The number of carboxylic acids is 1. The summed E-state index contributed by atoms with van der Waals surface area (Å²) < 4.78 is 10.7. The van der Waals surface area contributed by atoms with E-state index in [0.29, 0.717) is 66.0 Å². The van der Waals surface area contributed by atoms with Crippen LogP contribution in [-0.4, -0.2) is 48.4 Å². The highest BCUT2D eigenvalue weighted by Crippen LogP contribution is 2.35. The lowest BCUT2D eigenvalue weighted by Gasteiger charge is -2.30. The fourth-order valence-corrected chi connectivity index (χ4v) is 4.36.